The molecule has 1 aliphatic heterocycles. The molecule has 5 rings (SSSR count). The van der Waals surface area contributed by atoms with E-state index in [2.05, 4.69) is 47.4 Å². The van der Waals surface area contributed by atoms with E-state index in [9.17, 15) is 4.79 Å². The quantitative estimate of drug-likeness (QED) is 0.646. The third-order valence-corrected chi connectivity index (χ3v) is 6.94. The van der Waals surface area contributed by atoms with Crippen LogP contribution in [-0.4, -0.2) is 15.8 Å². The lowest BCUT2D eigenvalue weighted by Gasteiger charge is -2.17. The first-order valence-corrected chi connectivity index (χ1v) is 12.6. The van der Waals surface area contributed by atoms with Crippen LogP contribution < -0.4 is 16.0 Å². The fraction of sp³-hybridized carbons (Fsp3) is 0.536. The van der Waals surface area contributed by atoms with Crippen LogP contribution in [0.1, 0.15) is 83.1 Å². The van der Waals surface area contributed by atoms with Crippen LogP contribution in [0.25, 0.3) is 23.1 Å². The maximum absolute atomic E-state index is 12.6. The Bertz CT molecular complexity index is 1170. The second-order valence-corrected chi connectivity index (χ2v) is 9.41. The third-order valence-electron chi connectivity index (χ3n) is 6.94. The summed E-state index contributed by atoms with van der Waals surface area (Å²) in [5, 5.41) is 3.12. The molecule has 170 valence electrons. The highest BCUT2D eigenvalue weighted by Crippen LogP contribution is 2.19. The Hall–Kier alpha value is -2.49. The molecule has 1 atom stereocenters. The standard InChI is InChI=1S/C21H23N3O.C7H14/c1-3-16-9-8-14(12-22-16)10-15-11-19-20(23-13-24(2)21(19)25)18-7-5-4-6-17(15)18;1-2-4-6-7-5-3-1/h6-7,9,11-14H,3-5,8,10H2,1-2H3;1-7H2. The Morgan fingerprint density at radius 1 is 0.969 bits per heavy atom. The van der Waals surface area contributed by atoms with E-state index in [4.69, 9.17) is 0 Å². The van der Waals surface area contributed by atoms with Gasteiger partial charge in [0.05, 0.1) is 17.2 Å². The molecule has 2 aliphatic carbocycles. The molecule has 1 unspecified atom stereocenters. The molecule has 0 spiro atoms. The van der Waals surface area contributed by atoms with Gasteiger partial charge in [-0.1, -0.05) is 70.1 Å². The molecule has 1 saturated carbocycles. The number of benzene rings is 1. The summed E-state index contributed by atoms with van der Waals surface area (Å²) in [6, 6.07) is 2.06. The smallest absolute Gasteiger partial charge is 0.260 e. The van der Waals surface area contributed by atoms with Gasteiger partial charge in [0, 0.05) is 30.1 Å². The van der Waals surface area contributed by atoms with E-state index in [1.54, 1.807) is 17.9 Å². The minimum atomic E-state index is 0.0264. The van der Waals surface area contributed by atoms with Crippen molar-refractivity contribution in [2.75, 3.05) is 0 Å². The van der Waals surface area contributed by atoms with E-state index in [0.717, 1.165) is 48.2 Å². The number of allylic oxidation sites excluding steroid dienone is 2. The Morgan fingerprint density at radius 2 is 1.62 bits per heavy atom. The molecule has 0 N–H and O–H groups in total. The van der Waals surface area contributed by atoms with Crippen molar-refractivity contribution < 1.29 is 0 Å². The van der Waals surface area contributed by atoms with Gasteiger partial charge in [-0.3, -0.25) is 9.79 Å². The summed E-state index contributed by atoms with van der Waals surface area (Å²) >= 11 is 0. The number of aliphatic imine (C=N–C) groups is 1. The van der Waals surface area contributed by atoms with Crippen molar-refractivity contribution in [1.82, 2.24) is 9.55 Å². The fourth-order valence-electron chi connectivity index (χ4n) is 5.02. The van der Waals surface area contributed by atoms with Crippen molar-refractivity contribution in [2.24, 2.45) is 18.0 Å². The van der Waals surface area contributed by atoms with Crippen LogP contribution in [-0.2, 0) is 13.5 Å². The molecule has 1 aromatic heterocycles. The number of hydrogen-bond donors (Lipinski definition) is 0. The molecule has 0 saturated heterocycles. The van der Waals surface area contributed by atoms with E-state index < -0.39 is 0 Å². The molecule has 4 heteroatoms. The molecule has 4 nitrogen and oxygen atoms in total. The van der Waals surface area contributed by atoms with Crippen molar-refractivity contribution in [3.63, 3.8) is 0 Å². The van der Waals surface area contributed by atoms with Crippen molar-refractivity contribution >= 4 is 29.3 Å². The van der Waals surface area contributed by atoms with Gasteiger partial charge in [0.15, 0.2) is 0 Å². The molecule has 2 heterocycles. The van der Waals surface area contributed by atoms with E-state index in [-0.39, 0.29) is 5.56 Å². The number of rotatable bonds is 3. The number of nitrogens with zero attached hydrogens (tertiary/aromatic N) is 3. The maximum atomic E-state index is 12.6. The second-order valence-electron chi connectivity index (χ2n) is 9.41. The van der Waals surface area contributed by atoms with Crippen LogP contribution in [0, 0.1) is 5.92 Å². The maximum Gasteiger partial charge on any atom is 0.260 e. The van der Waals surface area contributed by atoms with Gasteiger partial charge in [-0.2, -0.15) is 0 Å². The second kappa shape index (κ2) is 10.9. The summed E-state index contributed by atoms with van der Waals surface area (Å²) in [5.74, 6) is 0.396. The van der Waals surface area contributed by atoms with E-state index in [1.807, 2.05) is 0 Å². The van der Waals surface area contributed by atoms with E-state index in [1.165, 1.54) is 61.4 Å². The largest absolute Gasteiger partial charge is 0.302 e. The molecule has 1 aromatic carbocycles. The Kier molecular flexibility index (Phi) is 7.72. The Balaban J connectivity index is 0.000000300. The Labute approximate surface area is 191 Å². The van der Waals surface area contributed by atoms with E-state index >= 15 is 0 Å². The molecule has 3 aliphatic rings. The summed E-state index contributed by atoms with van der Waals surface area (Å²) in [4.78, 5) is 21.7. The lowest BCUT2D eigenvalue weighted by atomic mass is 9.91. The van der Waals surface area contributed by atoms with Crippen molar-refractivity contribution in [3.8, 4) is 0 Å². The van der Waals surface area contributed by atoms with Crippen LogP contribution in [0.2, 0.25) is 0 Å². The minimum Gasteiger partial charge on any atom is -0.302 e. The van der Waals surface area contributed by atoms with Crippen molar-refractivity contribution in [3.05, 3.63) is 50.5 Å². The monoisotopic (exact) mass is 431 g/mol. The normalized spacial score (nSPS) is 20.2. The average molecular weight is 432 g/mol. The third kappa shape index (κ3) is 5.28. The molecule has 0 amide bonds. The summed E-state index contributed by atoms with van der Waals surface area (Å²) in [6.45, 7) is 2.14. The number of aromatic nitrogens is 2. The highest BCUT2D eigenvalue weighted by atomic mass is 16.1. The lowest BCUT2D eigenvalue weighted by molar-refractivity contribution is 0.691. The number of aryl methyl sites for hydroxylation is 1. The molecule has 1 fully saturated rings. The first-order valence-electron chi connectivity index (χ1n) is 12.6. The van der Waals surface area contributed by atoms with Crippen LogP contribution in [0.3, 0.4) is 0 Å². The molecule has 0 bridgehead atoms. The van der Waals surface area contributed by atoms with Gasteiger partial charge in [0.25, 0.3) is 5.56 Å². The fourth-order valence-corrected chi connectivity index (χ4v) is 5.02. The molecule has 32 heavy (non-hydrogen) atoms. The van der Waals surface area contributed by atoms with Gasteiger partial charge in [-0.15, -0.1) is 0 Å². The van der Waals surface area contributed by atoms with Gasteiger partial charge < -0.3 is 4.57 Å². The SMILES string of the molecule is C1CCCCCC1.CCC1=CCC(Cc2cc3c(=O)n(C)cnc3c3c2=CCCC=3)C=N1. The first kappa shape index (κ1) is 22.7. The van der Waals surface area contributed by atoms with Gasteiger partial charge in [-0.05, 0) is 49.0 Å². The predicted molar refractivity (Wildman–Crippen MR) is 135 cm³/mol. The number of fused-ring (bicyclic) bond motifs is 3. The highest BCUT2D eigenvalue weighted by molar-refractivity contribution is 5.80. The lowest BCUT2D eigenvalue weighted by Crippen LogP contribution is -2.35. The van der Waals surface area contributed by atoms with E-state index in [0.29, 0.717) is 5.92 Å². The van der Waals surface area contributed by atoms with Crippen LogP contribution in [0.4, 0.5) is 0 Å². The van der Waals surface area contributed by atoms with Gasteiger partial charge in [0.1, 0.15) is 0 Å². The predicted octanol–water partition coefficient (Wildman–Crippen LogP) is 4.95. The summed E-state index contributed by atoms with van der Waals surface area (Å²) < 4.78 is 1.56. The first-order chi connectivity index (χ1) is 15.7. The average Bonchev–Trinajstić information content (AvgIpc) is 3.16. The summed E-state index contributed by atoms with van der Waals surface area (Å²) in [7, 11) is 1.76. The van der Waals surface area contributed by atoms with Crippen molar-refractivity contribution in [2.45, 2.75) is 84.0 Å². The van der Waals surface area contributed by atoms with Crippen LogP contribution in [0.5, 0.6) is 0 Å². The zero-order valence-electron chi connectivity index (χ0n) is 19.8. The minimum absolute atomic E-state index is 0.0264. The van der Waals surface area contributed by atoms with Crippen LogP contribution in [0.15, 0.2) is 34.0 Å². The van der Waals surface area contributed by atoms with Gasteiger partial charge in [-0.25, -0.2) is 4.98 Å². The molecule has 0 radical (unpaired) electrons. The zero-order valence-corrected chi connectivity index (χ0v) is 19.8. The van der Waals surface area contributed by atoms with Crippen molar-refractivity contribution in [1.29, 1.82) is 0 Å². The molecular weight excluding hydrogens is 394 g/mol. The highest BCUT2D eigenvalue weighted by Gasteiger charge is 2.15. The molecule has 2 aromatic rings. The zero-order chi connectivity index (χ0) is 22.3. The summed E-state index contributed by atoms with van der Waals surface area (Å²) in [6.07, 6.45) is 26.0. The number of hydrogen-bond acceptors (Lipinski definition) is 3. The van der Waals surface area contributed by atoms with Gasteiger partial charge in [0.2, 0.25) is 0 Å². The van der Waals surface area contributed by atoms with Gasteiger partial charge >= 0.3 is 0 Å². The van der Waals surface area contributed by atoms with Crippen LogP contribution >= 0.6 is 0 Å². The Morgan fingerprint density at radius 3 is 2.22 bits per heavy atom. The molecular formula is C28H37N3O. The topological polar surface area (TPSA) is 47.2 Å². The summed E-state index contributed by atoms with van der Waals surface area (Å²) in [5.41, 5.74) is 3.28.